The van der Waals surface area contributed by atoms with Crippen LogP contribution < -0.4 is 15.2 Å². The molecule has 4 heteroatoms. The number of ether oxygens (including phenoxy) is 2. The summed E-state index contributed by atoms with van der Waals surface area (Å²) >= 11 is 2.23. The molecule has 0 heterocycles. The smallest absolute Gasteiger partial charge is 0.154 e. The summed E-state index contributed by atoms with van der Waals surface area (Å²) < 4.78 is 12.0. The largest absolute Gasteiger partial charge is 0.494 e. The second-order valence-electron chi connectivity index (χ2n) is 3.43. The van der Waals surface area contributed by atoms with E-state index in [1.54, 1.807) is 13.2 Å². The topological polar surface area (TPSA) is 44.5 Å². The van der Waals surface area contributed by atoms with Gasteiger partial charge in [0.1, 0.15) is 17.2 Å². The lowest BCUT2D eigenvalue weighted by Crippen LogP contribution is -1.96. The van der Waals surface area contributed by atoms with Crippen LogP contribution in [0.1, 0.15) is 0 Å². The van der Waals surface area contributed by atoms with Crippen molar-refractivity contribution in [3.05, 3.63) is 46.0 Å². The molecule has 2 aromatic carbocycles. The molecular formula is C13H12INO2. The predicted molar refractivity (Wildman–Crippen MR) is 76.6 cm³/mol. The molecule has 0 bridgehead atoms. The summed E-state index contributed by atoms with van der Waals surface area (Å²) in [7, 11) is 1.58. The molecule has 2 rings (SSSR count). The van der Waals surface area contributed by atoms with E-state index in [0.717, 1.165) is 9.32 Å². The van der Waals surface area contributed by atoms with Gasteiger partial charge in [-0.2, -0.15) is 0 Å². The van der Waals surface area contributed by atoms with E-state index in [0.29, 0.717) is 17.2 Å². The Bertz CT molecular complexity index is 529. The fraction of sp³-hybridized carbons (Fsp3) is 0.0769. The molecule has 0 spiro atoms. The number of anilines is 1. The molecule has 0 saturated carbocycles. The molecule has 2 aromatic rings. The Hall–Kier alpha value is -1.43. The average Bonchev–Trinajstić information content (AvgIpc) is 2.32. The molecule has 0 aliphatic heterocycles. The lowest BCUT2D eigenvalue weighted by atomic mass is 10.2. The van der Waals surface area contributed by atoms with E-state index in [9.17, 15) is 0 Å². The zero-order chi connectivity index (χ0) is 12.3. The molecule has 0 fully saturated rings. The van der Waals surface area contributed by atoms with Crippen LogP contribution in [-0.4, -0.2) is 7.11 Å². The zero-order valence-corrected chi connectivity index (χ0v) is 11.5. The van der Waals surface area contributed by atoms with E-state index >= 15 is 0 Å². The summed E-state index contributed by atoms with van der Waals surface area (Å²) in [5.41, 5.74) is 6.44. The van der Waals surface area contributed by atoms with Crippen molar-refractivity contribution in [3.8, 4) is 17.2 Å². The number of nitrogen functional groups attached to an aromatic ring is 1. The molecule has 0 radical (unpaired) electrons. The molecule has 88 valence electrons. The minimum absolute atomic E-state index is 0.508. The van der Waals surface area contributed by atoms with Crippen molar-refractivity contribution in [1.82, 2.24) is 0 Å². The van der Waals surface area contributed by atoms with Crippen molar-refractivity contribution < 1.29 is 9.47 Å². The molecule has 0 saturated heterocycles. The van der Waals surface area contributed by atoms with Crippen molar-refractivity contribution in [2.45, 2.75) is 0 Å². The third-order valence-electron chi connectivity index (χ3n) is 2.27. The Morgan fingerprint density at radius 3 is 2.47 bits per heavy atom. The Labute approximate surface area is 114 Å². The van der Waals surface area contributed by atoms with Crippen LogP contribution in [0.5, 0.6) is 17.2 Å². The zero-order valence-electron chi connectivity index (χ0n) is 9.31. The van der Waals surface area contributed by atoms with Crippen LogP contribution in [0.3, 0.4) is 0 Å². The van der Waals surface area contributed by atoms with Gasteiger partial charge in [0.15, 0.2) is 5.75 Å². The number of hydrogen-bond donors (Lipinski definition) is 1. The fourth-order valence-electron chi connectivity index (χ4n) is 1.45. The van der Waals surface area contributed by atoms with E-state index < -0.39 is 0 Å². The van der Waals surface area contributed by atoms with E-state index in [1.165, 1.54) is 0 Å². The lowest BCUT2D eigenvalue weighted by Gasteiger charge is -2.11. The van der Waals surface area contributed by atoms with E-state index in [-0.39, 0.29) is 0 Å². The summed E-state index contributed by atoms with van der Waals surface area (Å²) in [5.74, 6) is 1.98. The molecule has 0 amide bonds. The molecule has 3 nitrogen and oxygen atoms in total. The van der Waals surface area contributed by atoms with Gasteiger partial charge in [-0.25, -0.2) is 0 Å². The van der Waals surface area contributed by atoms with Gasteiger partial charge >= 0.3 is 0 Å². The Balaban J connectivity index is 2.30. The quantitative estimate of drug-likeness (QED) is 0.684. The summed E-state index contributed by atoms with van der Waals surface area (Å²) in [6.07, 6.45) is 0. The SMILES string of the molecule is COc1cccc(Oc2cccc(I)c2)c1N. The van der Waals surface area contributed by atoms with Crippen LogP contribution in [-0.2, 0) is 0 Å². The van der Waals surface area contributed by atoms with Crippen molar-refractivity contribution in [2.75, 3.05) is 12.8 Å². The standard InChI is InChI=1S/C13H12INO2/c1-16-11-6-3-7-12(13(11)15)17-10-5-2-4-9(14)8-10/h2-8H,15H2,1H3. The minimum atomic E-state index is 0.508. The number of halogens is 1. The van der Waals surface area contributed by atoms with Gasteiger partial charge in [0, 0.05) is 3.57 Å². The van der Waals surface area contributed by atoms with Crippen LogP contribution in [0.2, 0.25) is 0 Å². The minimum Gasteiger partial charge on any atom is -0.494 e. The van der Waals surface area contributed by atoms with Crippen molar-refractivity contribution in [3.63, 3.8) is 0 Å². The van der Waals surface area contributed by atoms with Crippen molar-refractivity contribution in [1.29, 1.82) is 0 Å². The molecule has 0 unspecified atom stereocenters. The summed E-state index contributed by atoms with van der Waals surface area (Å²) in [5, 5.41) is 0. The van der Waals surface area contributed by atoms with Gasteiger partial charge < -0.3 is 15.2 Å². The number of methoxy groups -OCH3 is 1. The first-order valence-electron chi connectivity index (χ1n) is 5.06. The summed E-state index contributed by atoms with van der Waals surface area (Å²) in [4.78, 5) is 0. The highest BCUT2D eigenvalue weighted by Gasteiger charge is 2.07. The number of benzene rings is 2. The number of hydrogen-bond acceptors (Lipinski definition) is 3. The molecule has 0 atom stereocenters. The highest BCUT2D eigenvalue weighted by molar-refractivity contribution is 14.1. The maximum atomic E-state index is 5.93. The van der Waals surface area contributed by atoms with Gasteiger partial charge in [0.25, 0.3) is 0 Å². The summed E-state index contributed by atoms with van der Waals surface area (Å²) in [6, 6.07) is 13.2. The van der Waals surface area contributed by atoms with Gasteiger partial charge in [-0.15, -0.1) is 0 Å². The maximum absolute atomic E-state index is 5.93. The van der Waals surface area contributed by atoms with Gasteiger partial charge in [-0.3, -0.25) is 0 Å². The first-order chi connectivity index (χ1) is 8.20. The third-order valence-corrected chi connectivity index (χ3v) is 2.94. The van der Waals surface area contributed by atoms with Crippen molar-refractivity contribution in [2.24, 2.45) is 0 Å². The first-order valence-corrected chi connectivity index (χ1v) is 6.14. The van der Waals surface area contributed by atoms with Gasteiger partial charge in [0.2, 0.25) is 0 Å². The van der Waals surface area contributed by atoms with Gasteiger partial charge in [-0.1, -0.05) is 12.1 Å². The Morgan fingerprint density at radius 1 is 1.06 bits per heavy atom. The lowest BCUT2D eigenvalue weighted by molar-refractivity contribution is 0.412. The molecule has 0 aliphatic carbocycles. The van der Waals surface area contributed by atoms with Crippen LogP contribution in [0, 0.1) is 3.57 Å². The fourth-order valence-corrected chi connectivity index (χ4v) is 1.96. The third kappa shape index (κ3) is 2.82. The van der Waals surface area contributed by atoms with E-state index in [2.05, 4.69) is 22.6 Å². The number of para-hydroxylation sites is 1. The van der Waals surface area contributed by atoms with Gasteiger partial charge in [0.05, 0.1) is 7.11 Å². The normalized spacial score (nSPS) is 10.0. The Kier molecular flexibility index (Phi) is 3.73. The van der Waals surface area contributed by atoms with Crippen LogP contribution in [0.4, 0.5) is 5.69 Å². The predicted octanol–water partition coefficient (Wildman–Crippen LogP) is 3.67. The molecule has 0 aliphatic rings. The van der Waals surface area contributed by atoms with Gasteiger partial charge in [-0.05, 0) is 52.9 Å². The van der Waals surface area contributed by atoms with E-state index in [4.69, 9.17) is 15.2 Å². The number of rotatable bonds is 3. The monoisotopic (exact) mass is 341 g/mol. The van der Waals surface area contributed by atoms with Crippen LogP contribution >= 0.6 is 22.6 Å². The average molecular weight is 341 g/mol. The number of nitrogens with two attached hydrogens (primary N) is 1. The molecule has 2 N–H and O–H groups in total. The second kappa shape index (κ2) is 5.27. The second-order valence-corrected chi connectivity index (χ2v) is 4.68. The molecule has 17 heavy (non-hydrogen) atoms. The Morgan fingerprint density at radius 2 is 1.76 bits per heavy atom. The summed E-state index contributed by atoms with van der Waals surface area (Å²) in [6.45, 7) is 0. The highest BCUT2D eigenvalue weighted by Crippen LogP contribution is 2.34. The van der Waals surface area contributed by atoms with Crippen LogP contribution in [0.25, 0.3) is 0 Å². The van der Waals surface area contributed by atoms with E-state index in [1.807, 2.05) is 36.4 Å². The molecule has 0 aromatic heterocycles. The highest BCUT2D eigenvalue weighted by atomic mass is 127. The van der Waals surface area contributed by atoms with Crippen molar-refractivity contribution >= 4 is 28.3 Å². The molecular weight excluding hydrogens is 329 g/mol. The maximum Gasteiger partial charge on any atom is 0.154 e. The first kappa shape index (κ1) is 12.0. The van der Waals surface area contributed by atoms with Crippen LogP contribution in [0.15, 0.2) is 42.5 Å².